The lowest BCUT2D eigenvalue weighted by Gasteiger charge is -2.46. The van der Waals surface area contributed by atoms with Crippen molar-refractivity contribution >= 4 is 11.1 Å². The molecule has 250 valence electrons. The van der Waals surface area contributed by atoms with Gasteiger partial charge in [0.15, 0.2) is 0 Å². The Kier molecular flexibility index (Phi) is 10.8. The maximum atomic E-state index is 12.1. The second kappa shape index (κ2) is 14.7. The van der Waals surface area contributed by atoms with Gasteiger partial charge in [0, 0.05) is 34.1 Å². The van der Waals surface area contributed by atoms with E-state index in [0.29, 0.717) is 17.4 Å². The van der Waals surface area contributed by atoms with E-state index in [1.165, 1.54) is 0 Å². The highest BCUT2D eigenvalue weighted by Gasteiger charge is 2.44. The topological polar surface area (TPSA) is 97.3 Å². The first-order valence-electron chi connectivity index (χ1n) is 16.6. The molecule has 7 nitrogen and oxygen atoms in total. The average molecular weight is 655 g/mol. The Balaban J connectivity index is 1.51. The van der Waals surface area contributed by atoms with Crippen molar-refractivity contribution in [1.82, 2.24) is 15.0 Å². The van der Waals surface area contributed by atoms with Gasteiger partial charge in [0.1, 0.15) is 12.1 Å². The summed E-state index contributed by atoms with van der Waals surface area (Å²) in [4.78, 5) is 14.3. The lowest BCUT2D eigenvalue weighted by molar-refractivity contribution is 0.0982. The van der Waals surface area contributed by atoms with Crippen LogP contribution in [0.15, 0.2) is 72.0 Å². The van der Waals surface area contributed by atoms with E-state index in [4.69, 9.17) is 14.5 Å². The first-order valence-corrected chi connectivity index (χ1v) is 17.7. The molecular formula is C39H48N3O4S-. The standard InChI is InChI=1S/C39H49N3O4S/c1-24(2)46-30-17-27(5)38(40-21-30)33-16-15-32(33)37(28-13-10-14-31(18-28)47(43)44)29(20-39(6,7)8)22-45-35-19-34(41-23-42-35)36-25(3)11-9-12-26(36)4/h9-14,17-19,21,23-24,29,32-33,37H,15-16,20,22H2,1-8H3,(H,43,44)/p-1. The lowest BCUT2D eigenvalue weighted by atomic mass is 9.59. The lowest BCUT2D eigenvalue weighted by Crippen LogP contribution is -2.37. The van der Waals surface area contributed by atoms with Crippen LogP contribution in [0.25, 0.3) is 11.3 Å². The normalized spacial score (nSPS) is 18.3. The number of aromatic nitrogens is 3. The van der Waals surface area contributed by atoms with E-state index in [0.717, 1.165) is 64.2 Å². The Morgan fingerprint density at radius 2 is 1.66 bits per heavy atom. The van der Waals surface area contributed by atoms with E-state index in [1.807, 2.05) is 38.2 Å². The van der Waals surface area contributed by atoms with Crippen molar-refractivity contribution in [1.29, 1.82) is 0 Å². The van der Waals surface area contributed by atoms with Crippen LogP contribution in [0.2, 0.25) is 0 Å². The molecule has 5 unspecified atom stereocenters. The summed E-state index contributed by atoms with van der Waals surface area (Å²) >= 11 is -2.32. The summed E-state index contributed by atoms with van der Waals surface area (Å²) in [6.07, 6.45) is 6.42. The molecule has 1 saturated carbocycles. The smallest absolute Gasteiger partial charge is 0.216 e. The van der Waals surface area contributed by atoms with Crippen LogP contribution >= 0.6 is 0 Å². The molecule has 0 amide bonds. The molecule has 5 atom stereocenters. The van der Waals surface area contributed by atoms with E-state index in [1.54, 1.807) is 12.4 Å². The molecule has 8 heteroatoms. The second-order valence-corrected chi connectivity index (χ2v) is 15.5. The zero-order chi connectivity index (χ0) is 33.9. The molecule has 0 spiro atoms. The van der Waals surface area contributed by atoms with E-state index in [-0.39, 0.29) is 35.2 Å². The number of aryl methyl sites for hydroxylation is 3. The highest BCUT2D eigenvalue weighted by Crippen LogP contribution is 2.54. The fourth-order valence-corrected chi connectivity index (χ4v) is 7.74. The van der Waals surface area contributed by atoms with E-state index in [9.17, 15) is 8.76 Å². The number of hydrogen-bond donors (Lipinski definition) is 0. The van der Waals surface area contributed by atoms with Crippen LogP contribution in [-0.4, -0.2) is 36.4 Å². The van der Waals surface area contributed by atoms with E-state index in [2.05, 4.69) is 81.8 Å². The first kappa shape index (κ1) is 34.7. The van der Waals surface area contributed by atoms with Crippen LogP contribution < -0.4 is 9.47 Å². The third kappa shape index (κ3) is 8.46. The zero-order valence-corrected chi connectivity index (χ0v) is 29.8. The van der Waals surface area contributed by atoms with Gasteiger partial charge in [0.25, 0.3) is 0 Å². The molecular weight excluding hydrogens is 607 g/mol. The van der Waals surface area contributed by atoms with Crippen LogP contribution in [0, 0.1) is 38.0 Å². The quantitative estimate of drug-likeness (QED) is 0.141. The molecule has 0 saturated heterocycles. The van der Waals surface area contributed by atoms with Gasteiger partial charge in [0.2, 0.25) is 5.88 Å². The number of ether oxygens (including phenoxy) is 2. The number of pyridine rings is 1. The Bertz CT molecular complexity index is 1700. The van der Waals surface area contributed by atoms with Gasteiger partial charge in [-0.25, -0.2) is 9.97 Å². The molecule has 0 bridgehead atoms. The highest BCUT2D eigenvalue weighted by molar-refractivity contribution is 7.79. The fourth-order valence-electron chi connectivity index (χ4n) is 7.32. The van der Waals surface area contributed by atoms with Crippen molar-refractivity contribution in [2.24, 2.45) is 17.3 Å². The molecule has 47 heavy (non-hydrogen) atoms. The molecule has 0 radical (unpaired) electrons. The number of rotatable bonds is 12. The number of nitrogens with zero attached hydrogens (tertiary/aromatic N) is 3. The molecule has 4 aromatic rings. The summed E-state index contributed by atoms with van der Waals surface area (Å²) in [5.41, 5.74) is 7.48. The van der Waals surface area contributed by atoms with Gasteiger partial charge < -0.3 is 14.0 Å². The van der Waals surface area contributed by atoms with Crippen LogP contribution in [-0.2, 0) is 11.1 Å². The Labute approximate surface area is 282 Å². The van der Waals surface area contributed by atoms with Gasteiger partial charge in [-0.2, -0.15) is 0 Å². The summed E-state index contributed by atoms with van der Waals surface area (Å²) in [5, 5.41) is 0. The van der Waals surface area contributed by atoms with Crippen LogP contribution in [0.4, 0.5) is 0 Å². The maximum absolute atomic E-state index is 12.1. The van der Waals surface area contributed by atoms with Crippen molar-refractivity contribution in [3.8, 4) is 22.9 Å². The predicted octanol–water partition coefficient (Wildman–Crippen LogP) is 8.90. The minimum atomic E-state index is -2.32. The van der Waals surface area contributed by atoms with Gasteiger partial charge in [-0.05, 0) is 123 Å². The van der Waals surface area contributed by atoms with Crippen LogP contribution in [0.5, 0.6) is 11.6 Å². The summed E-state index contributed by atoms with van der Waals surface area (Å²) in [7, 11) is 0. The monoisotopic (exact) mass is 654 g/mol. The SMILES string of the molecule is Cc1cc(OC(C)C)cnc1C1CCC1C(c1cccc(S(=O)[O-])c1)C(COc1cc(-c2c(C)cccc2C)ncn1)CC(C)(C)C. The van der Waals surface area contributed by atoms with Crippen molar-refractivity contribution in [2.45, 2.75) is 97.5 Å². The minimum Gasteiger partial charge on any atom is -0.768 e. The molecule has 0 N–H and O–H groups in total. The van der Waals surface area contributed by atoms with Gasteiger partial charge in [0.05, 0.1) is 24.6 Å². The van der Waals surface area contributed by atoms with E-state index >= 15 is 0 Å². The van der Waals surface area contributed by atoms with Gasteiger partial charge in [-0.3, -0.25) is 9.19 Å². The van der Waals surface area contributed by atoms with Crippen LogP contribution in [0.3, 0.4) is 0 Å². The van der Waals surface area contributed by atoms with E-state index < -0.39 is 11.1 Å². The summed E-state index contributed by atoms with van der Waals surface area (Å²) < 4.78 is 36.7. The van der Waals surface area contributed by atoms with Gasteiger partial charge in [-0.15, -0.1) is 0 Å². The summed E-state index contributed by atoms with van der Waals surface area (Å²) in [6.45, 7) is 17.5. The third-order valence-electron chi connectivity index (χ3n) is 9.25. The Morgan fingerprint density at radius 3 is 2.28 bits per heavy atom. The number of hydrogen-bond acceptors (Lipinski definition) is 7. The molecule has 2 aromatic heterocycles. The van der Waals surface area contributed by atoms with Crippen molar-refractivity contribution in [2.75, 3.05) is 6.61 Å². The molecule has 1 fully saturated rings. The minimum absolute atomic E-state index is 0.00355. The van der Waals surface area contributed by atoms with Gasteiger partial charge >= 0.3 is 0 Å². The molecule has 1 aliphatic rings. The fraction of sp³-hybridized carbons (Fsp3) is 0.462. The molecule has 5 rings (SSSR count). The highest BCUT2D eigenvalue weighted by atomic mass is 32.2. The summed E-state index contributed by atoms with van der Waals surface area (Å²) in [6, 6.07) is 17.7. The van der Waals surface area contributed by atoms with Crippen molar-refractivity contribution in [3.05, 3.63) is 95.1 Å². The Hall–Kier alpha value is -3.62. The molecule has 2 aromatic carbocycles. The average Bonchev–Trinajstić information content (AvgIpc) is 2.98. The number of benzene rings is 2. The van der Waals surface area contributed by atoms with Crippen molar-refractivity contribution in [3.63, 3.8) is 0 Å². The zero-order valence-electron chi connectivity index (χ0n) is 28.9. The Morgan fingerprint density at radius 1 is 0.936 bits per heavy atom. The van der Waals surface area contributed by atoms with Crippen molar-refractivity contribution < 1.29 is 18.2 Å². The summed E-state index contributed by atoms with van der Waals surface area (Å²) in [5.74, 6) is 1.95. The largest absolute Gasteiger partial charge is 0.768 e. The third-order valence-corrected chi connectivity index (χ3v) is 9.89. The van der Waals surface area contributed by atoms with Gasteiger partial charge in [-0.1, -0.05) is 51.1 Å². The second-order valence-electron chi connectivity index (χ2n) is 14.6. The molecule has 0 aliphatic heterocycles. The van der Waals surface area contributed by atoms with Crippen LogP contribution in [0.1, 0.15) is 93.7 Å². The molecule has 1 aliphatic carbocycles. The molecule has 2 heterocycles. The maximum Gasteiger partial charge on any atom is 0.216 e. The first-order chi connectivity index (χ1) is 22.3. The predicted molar refractivity (Wildman–Crippen MR) is 187 cm³/mol.